The summed E-state index contributed by atoms with van der Waals surface area (Å²) in [4.78, 5) is 0. The van der Waals surface area contributed by atoms with E-state index in [9.17, 15) is 0 Å². The molecule has 0 spiro atoms. The molecule has 0 aromatic heterocycles. The quantitative estimate of drug-likeness (QED) is 0.723. The van der Waals surface area contributed by atoms with Gasteiger partial charge in [0.1, 0.15) is 0 Å². The van der Waals surface area contributed by atoms with Gasteiger partial charge in [-0.25, -0.2) is 0 Å². The average molecular weight is 289 g/mol. The van der Waals surface area contributed by atoms with Crippen LogP contribution in [0.25, 0.3) is 0 Å². The molecule has 1 atom stereocenters. The molecule has 1 aromatic rings. The van der Waals surface area contributed by atoms with Crippen molar-refractivity contribution in [1.82, 2.24) is 5.32 Å². The molecule has 1 N–H and O–H groups in total. The van der Waals surface area contributed by atoms with Crippen LogP contribution in [0.1, 0.15) is 62.6 Å². The highest BCUT2D eigenvalue weighted by molar-refractivity contribution is 5.25. The van der Waals surface area contributed by atoms with Crippen molar-refractivity contribution in [3.8, 4) is 0 Å². The third kappa shape index (κ3) is 5.44. The van der Waals surface area contributed by atoms with Gasteiger partial charge in [0, 0.05) is 13.2 Å². The van der Waals surface area contributed by atoms with Gasteiger partial charge in [-0.05, 0) is 42.9 Å². The van der Waals surface area contributed by atoms with Crippen molar-refractivity contribution in [3.63, 3.8) is 0 Å². The predicted molar refractivity (Wildman–Crippen MR) is 89.6 cm³/mol. The third-order valence-electron chi connectivity index (χ3n) is 4.77. The van der Waals surface area contributed by atoms with Crippen molar-refractivity contribution in [2.75, 3.05) is 20.3 Å². The van der Waals surface area contributed by atoms with E-state index >= 15 is 0 Å². The number of nitrogens with one attached hydrogen (secondary N) is 1. The number of hydrogen-bond donors (Lipinski definition) is 1. The lowest BCUT2D eigenvalue weighted by Gasteiger charge is -2.20. The van der Waals surface area contributed by atoms with Gasteiger partial charge in [-0.2, -0.15) is 0 Å². The molecular formula is C19H31NO. The van der Waals surface area contributed by atoms with Crippen molar-refractivity contribution in [3.05, 3.63) is 35.4 Å². The van der Waals surface area contributed by atoms with E-state index in [4.69, 9.17) is 4.74 Å². The van der Waals surface area contributed by atoms with Crippen LogP contribution in [0.4, 0.5) is 0 Å². The highest BCUT2D eigenvalue weighted by Crippen LogP contribution is 2.31. The molecule has 1 fully saturated rings. The summed E-state index contributed by atoms with van der Waals surface area (Å²) in [6, 6.07) is 9.63. The van der Waals surface area contributed by atoms with Crippen LogP contribution in [0.5, 0.6) is 0 Å². The first kappa shape index (κ1) is 16.5. The Balaban J connectivity index is 1.89. The second-order valence-corrected chi connectivity index (χ2v) is 6.32. The number of ether oxygens (including phenoxy) is 1. The molecule has 0 amide bonds. The first-order chi connectivity index (χ1) is 10.3. The molecule has 0 bridgehead atoms. The average Bonchev–Trinajstić information content (AvgIpc) is 3.03. The molecule has 0 aliphatic heterocycles. The van der Waals surface area contributed by atoms with Gasteiger partial charge in [-0.15, -0.1) is 0 Å². The Kier molecular flexibility index (Phi) is 7.25. The fourth-order valence-corrected chi connectivity index (χ4v) is 3.47. The lowest BCUT2D eigenvalue weighted by molar-refractivity contribution is 0.202. The van der Waals surface area contributed by atoms with Gasteiger partial charge in [-0.3, -0.25) is 0 Å². The highest BCUT2D eigenvalue weighted by atomic mass is 16.5. The molecule has 2 heteroatoms. The first-order valence-electron chi connectivity index (χ1n) is 8.64. The summed E-state index contributed by atoms with van der Waals surface area (Å²) in [7, 11) is 1.76. The maximum Gasteiger partial charge on any atom is 0.0502 e. The standard InChI is InChI=1S/C19H31NO/c1-3-20-19(13-10-16-6-4-5-7-16)18-11-8-17(9-12-18)14-15-21-2/h8-9,11-12,16,19-20H,3-7,10,13-15H2,1-2H3. The van der Waals surface area contributed by atoms with E-state index in [-0.39, 0.29) is 0 Å². The number of rotatable bonds is 9. The van der Waals surface area contributed by atoms with Gasteiger partial charge in [-0.1, -0.05) is 56.9 Å². The third-order valence-corrected chi connectivity index (χ3v) is 4.77. The summed E-state index contributed by atoms with van der Waals surface area (Å²) >= 11 is 0. The van der Waals surface area contributed by atoms with Crippen molar-refractivity contribution < 1.29 is 4.74 Å². The van der Waals surface area contributed by atoms with Crippen LogP contribution < -0.4 is 5.32 Å². The maximum absolute atomic E-state index is 5.15. The summed E-state index contributed by atoms with van der Waals surface area (Å²) in [5, 5.41) is 3.66. The molecule has 1 aromatic carbocycles. The van der Waals surface area contributed by atoms with Gasteiger partial charge in [0.05, 0.1) is 6.61 Å². The lowest BCUT2D eigenvalue weighted by Crippen LogP contribution is -2.21. The van der Waals surface area contributed by atoms with Gasteiger partial charge < -0.3 is 10.1 Å². The molecule has 1 unspecified atom stereocenters. The molecule has 0 saturated heterocycles. The summed E-state index contributed by atoms with van der Waals surface area (Å²) in [5.74, 6) is 0.979. The zero-order valence-electron chi connectivity index (χ0n) is 13.7. The Morgan fingerprint density at radius 3 is 2.52 bits per heavy atom. The minimum Gasteiger partial charge on any atom is -0.384 e. The molecule has 1 aliphatic rings. The minimum absolute atomic E-state index is 0.520. The zero-order valence-corrected chi connectivity index (χ0v) is 13.7. The Hall–Kier alpha value is -0.860. The topological polar surface area (TPSA) is 21.3 Å². The fourth-order valence-electron chi connectivity index (χ4n) is 3.47. The van der Waals surface area contributed by atoms with E-state index < -0.39 is 0 Å². The molecule has 2 rings (SSSR count). The van der Waals surface area contributed by atoms with Crippen LogP contribution >= 0.6 is 0 Å². The summed E-state index contributed by atoms with van der Waals surface area (Å²) in [5.41, 5.74) is 2.81. The molecule has 0 heterocycles. The van der Waals surface area contributed by atoms with Crippen molar-refractivity contribution >= 4 is 0 Å². The van der Waals surface area contributed by atoms with Crippen LogP contribution in [0.2, 0.25) is 0 Å². The van der Waals surface area contributed by atoms with Crippen LogP contribution in [-0.4, -0.2) is 20.3 Å². The van der Waals surface area contributed by atoms with E-state index in [0.717, 1.165) is 25.5 Å². The van der Waals surface area contributed by atoms with Gasteiger partial charge in [0.25, 0.3) is 0 Å². The smallest absolute Gasteiger partial charge is 0.0502 e. The molecule has 118 valence electrons. The second kappa shape index (κ2) is 9.22. The monoisotopic (exact) mass is 289 g/mol. The highest BCUT2D eigenvalue weighted by Gasteiger charge is 2.18. The maximum atomic E-state index is 5.15. The molecular weight excluding hydrogens is 258 g/mol. The number of hydrogen-bond acceptors (Lipinski definition) is 2. The van der Waals surface area contributed by atoms with Crippen molar-refractivity contribution in [1.29, 1.82) is 0 Å². The molecule has 21 heavy (non-hydrogen) atoms. The van der Waals surface area contributed by atoms with E-state index in [1.54, 1.807) is 7.11 Å². The number of benzene rings is 1. The van der Waals surface area contributed by atoms with Crippen LogP contribution in [0.3, 0.4) is 0 Å². The molecule has 2 nitrogen and oxygen atoms in total. The largest absolute Gasteiger partial charge is 0.384 e. The Morgan fingerprint density at radius 1 is 1.19 bits per heavy atom. The van der Waals surface area contributed by atoms with Crippen LogP contribution in [-0.2, 0) is 11.2 Å². The number of methoxy groups -OCH3 is 1. The minimum atomic E-state index is 0.520. The molecule has 1 aliphatic carbocycles. The fraction of sp³-hybridized carbons (Fsp3) is 0.684. The predicted octanol–water partition coefficient (Wildman–Crippen LogP) is 4.50. The second-order valence-electron chi connectivity index (χ2n) is 6.32. The first-order valence-corrected chi connectivity index (χ1v) is 8.64. The van der Waals surface area contributed by atoms with Gasteiger partial charge in [0.15, 0.2) is 0 Å². The SMILES string of the molecule is CCNC(CCC1CCCC1)c1ccc(CCOC)cc1. The summed E-state index contributed by atoms with van der Waals surface area (Å²) in [6.07, 6.45) is 9.46. The Bertz CT molecular complexity index is 381. The van der Waals surface area contributed by atoms with E-state index in [2.05, 4.69) is 36.5 Å². The van der Waals surface area contributed by atoms with Crippen LogP contribution in [0, 0.1) is 5.92 Å². The summed E-state index contributed by atoms with van der Waals surface area (Å²) < 4.78 is 5.15. The van der Waals surface area contributed by atoms with Gasteiger partial charge in [0.2, 0.25) is 0 Å². The lowest BCUT2D eigenvalue weighted by atomic mass is 9.94. The van der Waals surface area contributed by atoms with E-state index in [1.165, 1.54) is 49.7 Å². The summed E-state index contributed by atoms with van der Waals surface area (Å²) in [6.45, 7) is 4.05. The molecule has 1 saturated carbocycles. The zero-order chi connectivity index (χ0) is 14.9. The van der Waals surface area contributed by atoms with Gasteiger partial charge >= 0.3 is 0 Å². The Morgan fingerprint density at radius 2 is 1.90 bits per heavy atom. The van der Waals surface area contributed by atoms with Crippen LogP contribution in [0.15, 0.2) is 24.3 Å². The Labute approximate surface area is 130 Å². The van der Waals surface area contributed by atoms with Crippen molar-refractivity contribution in [2.45, 2.75) is 57.9 Å². The van der Waals surface area contributed by atoms with Crippen molar-refractivity contribution in [2.24, 2.45) is 5.92 Å². The van der Waals surface area contributed by atoms with E-state index in [0.29, 0.717) is 6.04 Å². The molecule has 0 radical (unpaired) electrons. The normalized spacial score (nSPS) is 17.2. The van der Waals surface area contributed by atoms with E-state index in [1.807, 2.05) is 0 Å².